The van der Waals surface area contributed by atoms with Crippen LogP contribution in [-0.2, 0) is 5.41 Å². The molecular weight excluding hydrogens is 396 g/mol. The molecule has 0 aromatic carbocycles. The minimum atomic E-state index is -0.0286. The lowest BCUT2D eigenvalue weighted by molar-refractivity contribution is 0.0782. The summed E-state index contributed by atoms with van der Waals surface area (Å²) in [6.07, 6.45) is 4.19. The maximum absolute atomic E-state index is 12.6. The Hall–Kier alpha value is -2.02. The molecule has 1 aliphatic rings. The van der Waals surface area contributed by atoms with E-state index >= 15 is 0 Å². The Morgan fingerprint density at radius 2 is 2.12 bits per heavy atom. The van der Waals surface area contributed by atoms with Crippen molar-refractivity contribution in [3.63, 3.8) is 0 Å². The number of hydrogen-bond acceptors (Lipinski definition) is 5. The van der Waals surface area contributed by atoms with E-state index in [4.69, 9.17) is 4.74 Å². The molecule has 0 bridgehead atoms. The van der Waals surface area contributed by atoms with Crippen molar-refractivity contribution >= 4 is 21.8 Å². The smallest absolute Gasteiger partial charge is 0.255 e. The summed E-state index contributed by atoms with van der Waals surface area (Å²) < 4.78 is 6.58. The van der Waals surface area contributed by atoms with E-state index < -0.39 is 0 Å². The maximum Gasteiger partial charge on any atom is 0.255 e. The summed E-state index contributed by atoms with van der Waals surface area (Å²) in [7, 11) is 0. The molecule has 1 amide bonds. The first-order valence-electron chi connectivity index (χ1n) is 8.70. The zero-order valence-electron chi connectivity index (χ0n) is 15.3. The van der Waals surface area contributed by atoms with Gasteiger partial charge in [-0.2, -0.15) is 5.10 Å². The van der Waals surface area contributed by atoms with Gasteiger partial charge in [0.05, 0.1) is 17.9 Å². The van der Waals surface area contributed by atoms with Gasteiger partial charge in [-0.25, -0.2) is 0 Å². The van der Waals surface area contributed by atoms with Crippen molar-refractivity contribution in [3.8, 4) is 5.88 Å². The van der Waals surface area contributed by atoms with E-state index in [2.05, 4.69) is 51.9 Å². The van der Waals surface area contributed by atoms with Crippen molar-refractivity contribution in [3.05, 3.63) is 46.3 Å². The molecule has 1 unspecified atom stereocenters. The standard InChI is InChI=1S/C19H23BrN4O2/c1-19(2,3)16-4-5-17(23-22-16)26-12-13-6-7-24(11-13)18(25)14-8-15(20)10-21-9-14/h4-5,8-10,13H,6-7,11-12H2,1-3H3. The van der Waals surface area contributed by atoms with Crippen molar-refractivity contribution in [2.75, 3.05) is 19.7 Å². The van der Waals surface area contributed by atoms with Crippen LogP contribution in [0.5, 0.6) is 5.88 Å². The molecule has 3 rings (SSSR count). The summed E-state index contributed by atoms with van der Waals surface area (Å²) >= 11 is 3.35. The largest absolute Gasteiger partial charge is 0.476 e. The third-order valence-electron chi connectivity index (χ3n) is 4.40. The first-order chi connectivity index (χ1) is 12.3. The summed E-state index contributed by atoms with van der Waals surface area (Å²) in [6.45, 7) is 8.24. The molecule has 1 fully saturated rings. The highest BCUT2D eigenvalue weighted by Crippen LogP contribution is 2.22. The molecule has 3 heterocycles. The molecule has 7 heteroatoms. The second-order valence-electron chi connectivity index (χ2n) is 7.62. The van der Waals surface area contributed by atoms with Gasteiger partial charge in [-0.05, 0) is 34.5 Å². The lowest BCUT2D eigenvalue weighted by Crippen LogP contribution is -2.29. The van der Waals surface area contributed by atoms with Crippen LogP contribution in [0.15, 0.2) is 35.1 Å². The van der Waals surface area contributed by atoms with Gasteiger partial charge >= 0.3 is 0 Å². The Balaban J connectivity index is 1.52. The van der Waals surface area contributed by atoms with Crippen LogP contribution in [0.1, 0.15) is 43.2 Å². The molecule has 0 aliphatic carbocycles. The predicted octanol–water partition coefficient (Wildman–Crippen LogP) is 3.47. The number of pyridine rings is 1. The molecule has 0 radical (unpaired) electrons. The van der Waals surface area contributed by atoms with E-state index in [1.165, 1.54) is 0 Å². The molecular formula is C19H23BrN4O2. The van der Waals surface area contributed by atoms with Gasteiger partial charge in [-0.3, -0.25) is 9.78 Å². The van der Waals surface area contributed by atoms with Crippen LogP contribution in [0.4, 0.5) is 0 Å². The monoisotopic (exact) mass is 418 g/mol. The third kappa shape index (κ3) is 4.58. The number of hydrogen-bond donors (Lipinski definition) is 0. The quantitative estimate of drug-likeness (QED) is 0.759. The fourth-order valence-corrected chi connectivity index (χ4v) is 3.23. The van der Waals surface area contributed by atoms with Crippen molar-refractivity contribution < 1.29 is 9.53 Å². The molecule has 1 atom stereocenters. The van der Waals surface area contributed by atoms with E-state index in [-0.39, 0.29) is 11.3 Å². The van der Waals surface area contributed by atoms with Crippen LogP contribution in [-0.4, -0.2) is 45.7 Å². The van der Waals surface area contributed by atoms with Crippen molar-refractivity contribution in [1.29, 1.82) is 0 Å². The first-order valence-corrected chi connectivity index (χ1v) is 9.49. The summed E-state index contributed by atoms with van der Waals surface area (Å²) in [5, 5.41) is 8.39. The van der Waals surface area contributed by atoms with Gasteiger partial charge < -0.3 is 9.64 Å². The molecule has 138 valence electrons. The minimum Gasteiger partial charge on any atom is -0.476 e. The van der Waals surface area contributed by atoms with Crippen LogP contribution in [0.25, 0.3) is 0 Å². The van der Waals surface area contributed by atoms with Gasteiger partial charge in [0.1, 0.15) is 0 Å². The van der Waals surface area contributed by atoms with E-state index in [9.17, 15) is 4.79 Å². The highest BCUT2D eigenvalue weighted by Gasteiger charge is 2.28. The number of carbonyl (C=O) groups is 1. The summed E-state index contributed by atoms with van der Waals surface area (Å²) in [5.41, 5.74) is 1.51. The van der Waals surface area contributed by atoms with Gasteiger partial charge in [0, 0.05) is 47.4 Å². The van der Waals surface area contributed by atoms with Crippen molar-refractivity contribution in [2.45, 2.75) is 32.6 Å². The number of likely N-dealkylation sites (tertiary alicyclic amines) is 1. The average molecular weight is 419 g/mol. The molecule has 0 N–H and O–H groups in total. The number of ether oxygens (including phenoxy) is 1. The molecule has 1 saturated heterocycles. The lowest BCUT2D eigenvalue weighted by Gasteiger charge is -2.18. The number of halogens is 1. The van der Waals surface area contributed by atoms with Crippen LogP contribution in [0.2, 0.25) is 0 Å². The lowest BCUT2D eigenvalue weighted by atomic mass is 9.92. The van der Waals surface area contributed by atoms with Crippen LogP contribution >= 0.6 is 15.9 Å². The maximum atomic E-state index is 12.6. The summed E-state index contributed by atoms with van der Waals surface area (Å²) in [5.74, 6) is 0.831. The van der Waals surface area contributed by atoms with E-state index in [1.54, 1.807) is 18.5 Å². The van der Waals surface area contributed by atoms with Gasteiger partial charge in [0.25, 0.3) is 5.91 Å². The highest BCUT2D eigenvalue weighted by atomic mass is 79.9. The molecule has 0 saturated carbocycles. The van der Waals surface area contributed by atoms with E-state index in [0.717, 1.165) is 23.1 Å². The Labute approximate surface area is 162 Å². The Morgan fingerprint density at radius 3 is 2.77 bits per heavy atom. The van der Waals surface area contributed by atoms with Gasteiger partial charge in [-0.1, -0.05) is 20.8 Å². The van der Waals surface area contributed by atoms with Gasteiger partial charge in [0.15, 0.2) is 0 Å². The van der Waals surface area contributed by atoms with E-state index in [1.807, 2.05) is 17.0 Å². The van der Waals surface area contributed by atoms with Gasteiger partial charge in [0.2, 0.25) is 5.88 Å². The van der Waals surface area contributed by atoms with Crippen molar-refractivity contribution in [2.24, 2.45) is 5.92 Å². The number of amides is 1. The summed E-state index contributed by atoms with van der Waals surface area (Å²) in [6, 6.07) is 5.61. The number of rotatable bonds is 4. The second kappa shape index (κ2) is 7.70. The number of carbonyl (C=O) groups excluding carboxylic acids is 1. The number of aromatic nitrogens is 3. The zero-order chi connectivity index (χ0) is 18.7. The fourth-order valence-electron chi connectivity index (χ4n) is 2.86. The SMILES string of the molecule is CC(C)(C)c1ccc(OCC2CCN(C(=O)c3cncc(Br)c3)C2)nn1. The van der Waals surface area contributed by atoms with Crippen LogP contribution in [0.3, 0.4) is 0 Å². The highest BCUT2D eigenvalue weighted by molar-refractivity contribution is 9.10. The average Bonchev–Trinajstić information content (AvgIpc) is 3.08. The molecule has 2 aromatic rings. The predicted molar refractivity (Wildman–Crippen MR) is 102 cm³/mol. The minimum absolute atomic E-state index is 0.00983. The molecule has 2 aromatic heterocycles. The fraction of sp³-hybridized carbons (Fsp3) is 0.474. The molecule has 26 heavy (non-hydrogen) atoms. The molecule has 6 nitrogen and oxygen atoms in total. The Bertz CT molecular complexity index is 774. The Morgan fingerprint density at radius 1 is 1.31 bits per heavy atom. The van der Waals surface area contributed by atoms with Gasteiger partial charge in [-0.15, -0.1) is 5.10 Å². The number of nitrogens with zero attached hydrogens (tertiary/aromatic N) is 4. The molecule has 1 aliphatic heterocycles. The van der Waals surface area contributed by atoms with Crippen LogP contribution < -0.4 is 4.74 Å². The molecule has 0 spiro atoms. The zero-order valence-corrected chi connectivity index (χ0v) is 16.9. The van der Waals surface area contributed by atoms with Crippen molar-refractivity contribution in [1.82, 2.24) is 20.1 Å². The summed E-state index contributed by atoms with van der Waals surface area (Å²) in [4.78, 5) is 18.5. The third-order valence-corrected chi connectivity index (χ3v) is 4.83. The Kier molecular flexibility index (Phi) is 5.55. The van der Waals surface area contributed by atoms with Crippen LogP contribution in [0, 0.1) is 5.92 Å². The topological polar surface area (TPSA) is 68.2 Å². The second-order valence-corrected chi connectivity index (χ2v) is 8.53. The van der Waals surface area contributed by atoms with E-state index in [0.29, 0.717) is 30.5 Å². The normalized spacial score (nSPS) is 17.4. The first kappa shape index (κ1) is 18.8.